The molecule has 0 aliphatic heterocycles. The van der Waals surface area contributed by atoms with E-state index in [1.807, 2.05) is 6.20 Å². The van der Waals surface area contributed by atoms with Crippen molar-refractivity contribution in [3.63, 3.8) is 0 Å². The molecule has 0 saturated carbocycles. The first kappa shape index (κ1) is 11.2. The lowest BCUT2D eigenvalue weighted by atomic mass is 10.1. The van der Waals surface area contributed by atoms with E-state index in [4.69, 9.17) is 0 Å². The molecule has 0 N–H and O–H groups in total. The number of nitrogens with zero attached hydrogens (tertiary/aromatic N) is 2. The Morgan fingerprint density at radius 3 is 2.57 bits per heavy atom. The van der Waals surface area contributed by atoms with Crippen LogP contribution in [0.4, 0.5) is 0 Å². The van der Waals surface area contributed by atoms with E-state index in [9.17, 15) is 0 Å². The molecule has 14 heavy (non-hydrogen) atoms. The molecular weight excluding hydrogens is 172 g/mol. The van der Waals surface area contributed by atoms with Crippen LogP contribution in [0.3, 0.4) is 0 Å². The zero-order chi connectivity index (χ0) is 10.6. The first-order chi connectivity index (χ1) is 6.63. The van der Waals surface area contributed by atoms with Gasteiger partial charge in [0.25, 0.3) is 0 Å². The highest BCUT2D eigenvalue weighted by Crippen LogP contribution is 2.09. The molecule has 0 unspecified atom stereocenters. The highest BCUT2D eigenvalue weighted by molar-refractivity contribution is 5.25. The first-order valence-corrected chi connectivity index (χ1v) is 5.22. The standard InChI is InChI=1S/C12H20N2/c1-5-12-8-10(2)11(9-13-12)6-7-14(3)4/h8-9H,5-7H2,1-4H3. The topological polar surface area (TPSA) is 16.1 Å². The molecule has 1 aromatic heterocycles. The quantitative estimate of drug-likeness (QED) is 0.726. The fourth-order valence-electron chi connectivity index (χ4n) is 1.44. The van der Waals surface area contributed by atoms with Crippen LogP contribution in [0.25, 0.3) is 0 Å². The van der Waals surface area contributed by atoms with Gasteiger partial charge in [-0.1, -0.05) is 6.92 Å². The van der Waals surface area contributed by atoms with Crippen molar-refractivity contribution in [3.8, 4) is 0 Å². The number of pyridine rings is 1. The molecule has 0 aliphatic carbocycles. The highest BCUT2D eigenvalue weighted by atomic mass is 15.0. The van der Waals surface area contributed by atoms with Gasteiger partial charge in [-0.15, -0.1) is 0 Å². The number of likely N-dealkylation sites (N-methyl/N-ethyl adjacent to an activating group) is 1. The molecule has 0 fully saturated rings. The Kier molecular flexibility index (Phi) is 4.08. The smallest absolute Gasteiger partial charge is 0.0403 e. The molecule has 2 heteroatoms. The zero-order valence-electron chi connectivity index (χ0n) is 9.67. The van der Waals surface area contributed by atoms with E-state index in [1.165, 1.54) is 16.8 Å². The molecular formula is C12H20N2. The number of aromatic nitrogens is 1. The molecule has 1 aromatic rings. The maximum absolute atomic E-state index is 4.42. The number of aryl methyl sites for hydroxylation is 2. The predicted molar refractivity (Wildman–Crippen MR) is 60.6 cm³/mol. The van der Waals surface area contributed by atoms with E-state index in [0.717, 1.165) is 19.4 Å². The summed E-state index contributed by atoms with van der Waals surface area (Å²) >= 11 is 0. The van der Waals surface area contributed by atoms with Gasteiger partial charge in [-0.3, -0.25) is 4.98 Å². The summed E-state index contributed by atoms with van der Waals surface area (Å²) in [5.41, 5.74) is 3.94. The number of hydrogen-bond acceptors (Lipinski definition) is 2. The maximum atomic E-state index is 4.42. The fourth-order valence-corrected chi connectivity index (χ4v) is 1.44. The van der Waals surface area contributed by atoms with E-state index in [-0.39, 0.29) is 0 Å². The van der Waals surface area contributed by atoms with Crippen LogP contribution in [-0.4, -0.2) is 30.5 Å². The third-order valence-corrected chi connectivity index (χ3v) is 2.47. The summed E-state index contributed by atoms with van der Waals surface area (Å²) < 4.78 is 0. The molecule has 1 rings (SSSR count). The molecule has 0 spiro atoms. The molecule has 1 heterocycles. The van der Waals surface area contributed by atoms with Crippen molar-refractivity contribution >= 4 is 0 Å². The fraction of sp³-hybridized carbons (Fsp3) is 0.583. The molecule has 78 valence electrons. The molecule has 0 aromatic carbocycles. The Hall–Kier alpha value is -0.890. The van der Waals surface area contributed by atoms with Crippen molar-refractivity contribution in [2.45, 2.75) is 26.7 Å². The Morgan fingerprint density at radius 2 is 2.07 bits per heavy atom. The largest absolute Gasteiger partial charge is 0.309 e. The van der Waals surface area contributed by atoms with Crippen LogP contribution < -0.4 is 0 Å². The van der Waals surface area contributed by atoms with Crippen LogP contribution >= 0.6 is 0 Å². The highest BCUT2D eigenvalue weighted by Gasteiger charge is 2.01. The summed E-state index contributed by atoms with van der Waals surface area (Å²) in [4.78, 5) is 6.62. The summed E-state index contributed by atoms with van der Waals surface area (Å²) in [7, 11) is 4.20. The van der Waals surface area contributed by atoms with Crippen molar-refractivity contribution in [2.24, 2.45) is 0 Å². The molecule has 2 nitrogen and oxygen atoms in total. The Labute approximate surface area is 87.0 Å². The van der Waals surface area contributed by atoms with E-state index in [1.54, 1.807) is 0 Å². The predicted octanol–water partition coefficient (Wildman–Crippen LogP) is 2.06. The molecule has 0 amide bonds. The Balaban J connectivity index is 2.69. The minimum Gasteiger partial charge on any atom is -0.309 e. The summed E-state index contributed by atoms with van der Waals surface area (Å²) in [5, 5.41) is 0. The van der Waals surface area contributed by atoms with Crippen molar-refractivity contribution in [2.75, 3.05) is 20.6 Å². The van der Waals surface area contributed by atoms with Gasteiger partial charge in [0.15, 0.2) is 0 Å². The van der Waals surface area contributed by atoms with Crippen LogP contribution in [0.2, 0.25) is 0 Å². The number of rotatable bonds is 4. The first-order valence-electron chi connectivity index (χ1n) is 5.22. The Morgan fingerprint density at radius 1 is 1.36 bits per heavy atom. The SMILES string of the molecule is CCc1cc(C)c(CCN(C)C)cn1. The minimum atomic E-state index is 1.02. The summed E-state index contributed by atoms with van der Waals surface area (Å²) in [6, 6.07) is 2.20. The van der Waals surface area contributed by atoms with E-state index < -0.39 is 0 Å². The zero-order valence-corrected chi connectivity index (χ0v) is 9.67. The van der Waals surface area contributed by atoms with Gasteiger partial charge in [-0.25, -0.2) is 0 Å². The van der Waals surface area contributed by atoms with Gasteiger partial charge in [-0.2, -0.15) is 0 Å². The van der Waals surface area contributed by atoms with Crippen LogP contribution in [0.1, 0.15) is 23.7 Å². The van der Waals surface area contributed by atoms with E-state index in [2.05, 4.69) is 43.9 Å². The van der Waals surface area contributed by atoms with Crippen LogP contribution in [0, 0.1) is 6.92 Å². The van der Waals surface area contributed by atoms with Gasteiger partial charge in [0.2, 0.25) is 0 Å². The van der Waals surface area contributed by atoms with Crippen molar-refractivity contribution < 1.29 is 0 Å². The molecule has 0 atom stereocenters. The monoisotopic (exact) mass is 192 g/mol. The lowest BCUT2D eigenvalue weighted by Gasteiger charge is -2.11. The number of hydrogen-bond donors (Lipinski definition) is 0. The van der Waals surface area contributed by atoms with E-state index >= 15 is 0 Å². The van der Waals surface area contributed by atoms with Gasteiger partial charge in [0, 0.05) is 18.4 Å². The molecule has 0 saturated heterocycles. The van der Waals surface area contributed by atoms with Gasteiger partial charge >= 0.3 is 0 Å². The summed E-state index contributed by atoms with van der Waals surface area (Å²) in [5.74, 6) is 0. The van der Waals surface area contributed by atoms with Crippen molar-refractivity contribution in [1.82, 2.24) is 9.88 Å². The van der Waals surface area contributed by atoms with Gasteiger partial charge in [0.05, 0.1) is 0 Å². The lowest BCUT2D eigenvalue weighted by molar-refractivity contribution is 0.413. The second kappa shape index (κ2) is 5.11. The lowest BCUT2D eigenvalue weighted by Crippen LogP contribution is -2.15. The van der Waals surface area contributed by atoms with Crippen molar-refractivity contribution in [1.29, 1.82) is 0 Å². The normalized spacial score (nSPS) is 10.9. The molecule has 0 aliphatic rings. The van der Waals surface area contributed by atoms with Gasteiger partial charge < -0.3 is 4.90 Å². The van der Waals surface area contributed by atoms with E-state index in [0.29, 0.717) is 0 Å². The third-order valence-electron chi connectivity index (χ3n) is 2.47. The maximum Gasteiger partial charge on any atom is 0.0403 e. The average molecular weight is 192 g/mol. The minimum absolute atomic E-state index is 1.02. The second-order valence-corrected chi connectivity index (χ2v) is 4.01. The molecule has 0 radical (unpaired) electrons. The van der Waals surface area contributed by atoms with Crippen LogP contribution in [0.5, 0.6) is 0 Å². The summed E-state index contributed by atoms with van der Waals surface area (Å²) in [6.07, 6.45) is 4.14. The van der Waals surface area contributed by atoms with Crippen LogP contribution in [-0.2, 0) is 12.8 Å². The Bertz CT molecular complexity index is 292. The second-order valence-electron chi connectivity index (χ2n) is 4.01. The average Bonchev–Trinajstić information content (AvgIpc) is 2.15. The third kappa shape index (κ3) is 3.11. The van der Waals surface area contributed by atoms with Gasteiger partial charge in [0.1, 0.15) is 0 Å². The molecule has 0 bridgehead atoms. The van der Waals surface area contributed by atoms with Gasteiger partial charge in [-0.05, 0) is 51.1 Å². The van der Waals surface area contributed by atoms with Crippen molar-refractivity contribution in [3.05, 3.63) is 29.1 Å². The summed E-state index contributed by atoms with van der Waals surface area (Å²) in [6.45, 7) is 5.40. The van der Waals surface area contributed by atoms with Crippen LogP contribution in [0.15, 0.2) is 12.3 Å².